The molecule has 140 valence electrons. The molecule has 1 unspecified atom stereocenters. The minimum atomic E-state index is -0.894. The molecule has 0 saturated heterocycles. The van der Waals surface area contributed by atoms with E-state index in [-0.39, 0.29) is 6.61 Å². The van der Waals surface area contributed by atoms with Gasteiger partial charge in [0, 0.05) is 23.1 Å². The molecule has 5 nitrogen and oxygen atoms in total. The molecule has 5 heteroatoms. The predicted molar refractivity (Wildman–Crippen MR) is 103 cm³/mol. The number of hydrogen-bond acceptors (Lipinski definition) is 5. The molecule has 1 heterocycles. The lowest BCUT2D eigenvalue weighted by Crippen LogP contribution is -2.21. The Bertz CT molecular complexity index is 975. The van der Waals surface area contributed by atoms with Crippen LogP contribution < -0.4 is 10.4 Å². The number of fused-ring (bicyclic) bond motifs is 1. The van der Waals surface area contributed by atoms with Gasteiger partial charge in [0.1, 0.15) is 11.3 Å². The Morgan fingerprint density at radius 2 is 1.85 bits per heavy atom. The fourth-order valence-corrected chi connectivity index (χ4v) is 2.99. The molecule has 0 aliphatic rings. The molecule has 0 radical (unpaired) electrons. The number of carbonyl (C=O) groups excluding carboxylic acids is 1. The van der Waals surface area contributed by atoms with Crippen molar-refractivity contribution in [2.24, 2.45) is 0 Å². The topological polar surface area (TPSA) is 65.7 Å². The van der Waals surface area contributed by atoms with Crippen LogP contribution in [0.2, 0.25) is 0 Å². The van der Waals surface area contributed by atoms with Crippen LogP contribution in [0.25, 0.3) is 11.0 Å². The van der Waals surface area contributed by atoms with Crippen molar-refractivity contribution in [2.45, 2.75) is 32.8 Å². The average molecular weight is 366 g/mol. The first-order valence-corrected chi connectivity index (χ1v) is 9.07. The third kappa shape index (κ3) is 4.37. The summed E-state index contributed by atoms with van der Waals surface area (Å²) in [6.07, 6.45) is 0.821. The molecule has 27 heavy (non-hydrogen) atoms. The van der Waals surface area contributed by atoms with Crippen LogP contribution in [0.1, 0.15) is 37.5 Å². The molecule has 0 spiro atoms. The Hall–Kier alpha value is -3.08. The smallest absolute Gasteiger partial charge is 0.352 e. The zero-order chi connectivity index (χ0) is 19.2. The highest BCUT2D eigenvalue weighted by Crippen LogP contribution is 2.28. The summed E-state index contributed by atoms with van der Waals surface area (Å²) in [5.74, 6) is -0.0359. The Morgan fingerprint density at radius 1 is 1.07 bits per heavy atom. The second-order valence-electron chi connectivity index (χ2n) is 6.16. The summed E-state index contributed by atoms with van der Waals surface area (Å²) in [6.45, 7) is 4.07. The van der Waals surface area contributed by atoms with Gasteiger partial charge in [0.2, 0.25) is 6.10 Å². The molecule has 2 aromatic carbocycles. The summed E-state index contributed by atoms with van der Waals surface area (Å²) in [4.78, 5) is 24.2. The minimum absolute atomic E-state index is 0.262. The second-order valence-corrected chi connectivity index (χ2v) is 6.16. The molecule has 0 saturated carbocycles. The van der Waals surface area contributed by atoms with E-state index < -0.39 is 17.7 Å². The maximum Gasteiger partial charge on any atom is 0.352 e. The molecule has 1 atom stereocenters. The van der Waals surface area contributed by atoms with Crippen molar-refractivity contribution < 1.29 is 18.7 Å². The SMILES string of the molecule is CCCc1cc(=O)oc2cc(OC(C(=O)OCC)c3ccccc3)ccc12. The van der Waals surface area contributed by atoms with Crippen molar-refractivity contribution in [1.82, 2.24) is 0 Å². The van der Waals surface area contributed by atoms with Gasteiger partial charge in [0.05, 0.1) is 6.61 Å². The maximum absolute atomic E-state index is 12.4. The van der Waals surface area contributed by atoms with Crippen LogP contribution in [0.15, 0.2) is 63.8 Å². The van der Waals surface area contributed by atoms with Gasteiger partial charge in [0.15, 0.2) is 0 Å². The van der Waals surface area contributed by atoms with E-state index in [2.05, 4.69) is 6.92 Å². The molecule has 1 aromatic heterocycles. The molecule has 0 bridgehead atoms. The largest absolute Gasteiger partial charge is 0.474 e. The van der Waals surface area contributed by atoms with E-state index in [1.54, 1.807) is 19.1 Å². The van der Waals surface area contributed by atoms with Crippen molar-refractivity contribution in [3.63, 3.8) is 0 Å². The van der Waals surface area contributed by atoms with Gasteiger partial charge in [-0.15, -0.1) is 0 Å². The van der Waals surface area contributed by atoms with Gasteiger partial charge in [0.25, 0.3) is 0 Å². The standard InChI is InChI=1S/C22H22O5/c1-3-8-16-13-20(23)27-19-14-17(11-12-18(16)19)26-21(22(24)25-4-2)15-9-6-5-7-10-15/h5-7,9-14,21H,3-4,8H2,1-2H3. The summed E-state index contributed by atoms with van der Waals surface area (Å²) >= 11 is 0. The van der Waals surface area contributed by atoms with Crippen molar-refractivity contribution in [3.05, 3.63) is 76.1 Å². The van der Waals surface area contributed by atoms with E-state index in [0.29, 0.717) is 16.9 Å². The van der Waals surface area contributed by atoms with Gasteiger partial charge in [-0.05, 0) is 31.0 Å². The van der Waals surface area contributed by atoms with E-state index in [0.717, 1.165) is 23.8 Å². The van der Waals surface area contributed by atoms with Crippen LogP contribution in [-0.2, 0) is 16.0 Å². The number of ether oxygens (including phenoxy) is 2. The lowest BCUT2D eigenvalue weighted by Gasteiger charge is -2.18. The minimum Gasteiger partial charge on any atom is -0.474 e. The number of esters is 1. The van der Waals surface area contributed by atoms with Crippen LogP contribution in [-0.4, -0.2) is 12.6 Å². The Kier molecular flexibility index (Phi) is 5.91. The predicted octanol–water partition coefficient (Wildman–Crippen LogP) is 4.43. The molecule has 0 fully saturated rings. The van der Waals surface area contributed by atoms with Crippen LogP contribution >= 0.6 is 0 Å². The molecule has 3 aromatic rings. The van der Waals surface area contributed by atoms with Gasteiger partial charge >= 0.3 is 11.6 Å². The number of aryl methyl sites for hydroxylation is 1. The number of rotatable bonds is 7. The number of carbonyl (C=O) groups is 1. The van der Waals surface area contributed by atoms with Gasteiger partial charge in [-0.2, -0.15) is 0 Å². The van der Waals surface area contributed by atoms with E-state index in [1.165, 1.54) is 6.07 Å². The quantitative estimate of drug-likeness (QED) is 0.457. The zero-order valence-electron chi connectivity index (χ0n) is 15.4. The lowest BCUT2D eigenvalue weighted by molar-refractivity contribution is -0.151. The first-order chi connectivity index (χ1) is 13.1. The second kappa shape index (κ2) is 8.54. The fourth-order valence-electron chi connectivity index (χ4n) is 2.99. The average Bonchev–Trinajstić information content (AvgIpc) is 2.67. The highest BCUT2D eigenvalue weighted by molar-refractivity contribution is 5.82. The normalized spacial score (nSPS) is 11.9. The Balaban J connectivity index is 1.97. The van der Waals surface area contributed by atoms with Gasteiger partial charge in [-0.3, -0.25) is 0 Å². The molecular weight excluding hydrogens is 344 g/mol. The summed E-state index contributed by atoms with van der Waals surface area (Å²) in [7, 11) is 0. The number of hydrogen-bond donors (Lipinski definition) is 0. The van der Waals surface area contributed by atoms with Crippen molar-refractivity contribution in [3.8, 4) is 5.75 Å². The number of benzene rings is 2. The summed E-state index contributed by atoms with van der Waals surface area (Å²) in [5, 5.41) is 0.871. The highest BCUT2D eigenvalue weighted by atomic mass is 16.6. The lowest BCUT2D eigenvalue weighted by atomic mass is 10.1. The van der Waals surface area contributed by atoms with Crippen molar-refractivity contribution in [1.29, 1.82) is 0 Å². The molecule has 3 rings (SSSR count). The van der Waals surface area contributed by atoms with Crippen LogP contribution in [0.5, 0.6) is 5.75 Å². The molecular formula is C22H22O5. The van der Waals surface area contributed by atoms with E-state index in [9.17, 15) is 9.59 Å². The Labute approximate surface area is 157 Å². The fraction of sp³-hybridized carbons (Fsp3) is 0.273. The van der Waals surface area contributed by atoms with E-state index >= 15 is 0 Å². The molecule has 0 aliphatic carbocycles. The molecule has 0 amide bonds. The Morgan fingerprint density at radius 3 is 2.56 bits per heavy atom. The molecule has 0 N–H and O–H groups in total. The van der Waals surface area contributed by atoms with Gasteiger partial charge in [-0.25, -0.2) is 9.59 Å². The zero-order valence-corrected chi connectivity index (χ0v) is 15.4. The van der Waals surface area contributed by atoms with Crippen molar-refractivity contribution >= 4 is 16.9 Å². The van der Waals surface area contributed by atoms with Gasteiger partial charge in [-0.1, -0.05) is 43.7 Å². The van der Waals surface area contributed by atoms with Crippen LogP contribution in [0.3, 0.4) is 0 Å². The van der Waals surface area contributed by atoms with Crippen LogP contribution in [0.4, 0.5) is 0 Å². The monoisotopic (exact) mass is 366 g/mol. The first kappa shape index (κ1) is 18.7. The summed E-state index contributed by atoms with van der Waals surface area (Å²) in [5.41, 5.74) is 1.68. The third-order valence-corrected chi connectivity index (χ3v) is 4.18. The maximum atomic E-state index is 12.4. The summed E-state index contributed by atoms with van der Waals surface area (Å²) in [6, 6.07) is 15.9. The summed E-state index contributed by atoms with van der Waals surface area (Å²) < 4.78 is 16.4. The molecule has 0 aliphatic heterocycles. The van der Waals surface area contributed by atoms with Gasteiger partial charge < -0.3 is 13.9 Å². The van der Waals surface area contributed by atoms with E-state index in [4.69, 9.17) is 13.9 Å². The van der Waals surface area contributed by atoms with Crippen molar-refractivity contribution in [2.75, 3.05) is 6.61 Å². The van der Waals surface area contributed by atoms with E-state index in [1.807, 2.05) is 36.4 Å². The highest BCUT2D eigenvalue weighted by Gasteiger charge is 2.24. The first-order valence-electron chi connectivity index (χ1n) is 9.07. The van der Waals surface area contributed by atoms with Crippen LogP contribution in [0, 0.1) is 0 Å². The third-order valence-electron chi connectivity index (χ3n) is 4.18.